The summed E-state index contributed by atoms with van der Waals surface area (Å²) in [6.45, 7) is 1.89. The van der Waals surface area contributed by atoms with Crippen molar-refractivity contribution >= 4 is 11.5 Å². The molecule has 1 aromatic heterocycles. The van der Waals surface area contributed by atoms with E-state index in [1.54, 1.807) is 27.5 Å². The van der Waals surface area contributed by atoms with Gasteiger partial charge in [0.05, 0.1) is 27.0 Å². The van der Waals surface area contributed by atoms with Crippen LogP contribution in [-0.4, -0.2) is 32.0 Å². The van der Waals surface area contributed by atoms with Crippen LogP contribution >= 0.6 is 0 Å². The predicted molar refractivity (Wildman–Crippen MR) is 86.2 cm³/mol. The molecule has 22 heavy (non-hydrogen) atoms. The molecule has 0 saturated carbocycles. The number of rotatable bonds is 6. The molecule has 0 spiro atoms. The minimum Gasteiger partial charge on any atom is -0.493 e. The summed E-state index contributed by atoms with van der Waals surface area (Å²) in [4.78, 5) is 4.15. The van der Waals surface area contributed by atoms with E-state index >= 15 is 0 Å². The van der Waals surface area contributed by atoms with E-state index in [0.717, 1.165) is 11.3 Å². The highest BCUT2D eigenvalue weighted by molar-refractivity contribution is 6.00. The quantitative estimate of drug-likeness (QED) is 0.656. The molecular weight excluding hydrogens is 282 g/mol. The lowest BCUT2D eigenvalue weighted by Crippen LogP contribution is -2.03. The highest BCUT2D eigenvalue weighted by Crippen LogP contribution is 2.38. The zero-order valence-electron chi connectivity index (χ0n) is 13.1. The highest BCUT2D eigenvalue weighted by Gasteiger charge is 2.14. The van der Waals surface area contributed by atoms with Crippen LogP contribution in [-0.2, 0) is 0 Å². The van der Waals surface area contributed by atoms with Crippen molar-refractivity contribution in [3.63, 3.8) is 0 Å². The van der Waals surface area contributed by atoms with Gasteiger partial charge >= 0.3 is 0 Å². The first-order valence-corrected chi connectivity index (χ1v) is 6.71. The maximum absolute atomic E-state index is 5.34. The van der Waals surface area contributed by atoms with Gasteiger partial charge < -0.3 is 14.2 Å². The van der Waals surface area contributed by atoms with Crippen molar-refractivity contribution in [2.24, 2.45) is 5.10 Å². The van der Waals surface area contributed by atoms with Crippen LogP contribution in [0.15, 0.2) is 41.6 Å². The first kappa shape index (κ1) is 15.6. The fourth-order valence-electron chi connectivity index (χ4n) is 1.92. The lowest BCUT2D eigenvalue weighted by Gasteiger charge is -2.14. The summed E-state index contributed by atoms with van der Waals surface area (Å²) >= 11 is 0. The number of ether oxygens (including phenoxy) is 3. The van der Waals surface area contributed by atoms with Crippen molar-refractivity contribution in [1.29, 1.82) is 0 Å². The normalized spacial score (nSPS) is 11.0. The molecule has 6 nitrogen and oxygen atoms in total. The zero-order valence-corrected chi connectivity index (χ0v) is 13.1. The largest absolute Gasteiger partial charge is 0.493 e. The standard InChI is InChI=1S/C16H19N3O3/c1-11(18-19-15-7-5-6-8-17-15)12-9-13(20-2)16(22-4)14(10-12)21-3/h5-10H,1-4H3,(H,17,19). The number of hydrogen-bond donors (Lipinski definition) is 1. The lowest BCUT2D eigenvalue weighted by molar-refractivity contribution is 0.324. The van der Waals surface area contributed by atoms with Crippen molar-refractivity contribution in [3.8, 4) is 17.2 Å². The topological polar surface area (TPSA) is 65.0 Å². The smallest absolute Gasteiger partial charge is 0.203 e. The van der Waals surface area contributed by atoms with Crippen LogP contribution in [0.25, 0.3) is 0 Å². The maximum Gasteiger partial charge on any atom is 0.203 e. The molecule has 1 heterocycles. The van der Waals surface area contributed by atoms with Gasteiger partial charge in [-0.05, 0) is 31.2 Å². The van der Waals surface area contributed by atoms with E-state index in [1.807, 2.05) is 37.3 Å². The molecule has 0 unspecified atom stereocenters. The number of nitrogens with one attached hydrogen (secondary N) is 1. The van der Waals surface area contributed by atoms with Crippen molar-refractivity contribution in [1.82, 2.24) is 4.98 Å². The molecule has 0 aliphatic heterocycles. The van der Waals surface area contributed by atoms with Crippen LogP contribution in [0.1, 0.15) is 12.5 Å². The molecular formula is C16H19N3O3. The predicted octanol–water partition coefficient (Wildman–Crippen LogP) is 2.94. The van der Waals surface area contributed by atoms with E-state index in [0.29, 0.717) is 23.1 Å². The van der Waals surface area contributed by atoms with E-state index in [1.165, 1.54) is 0 Å². The third-order valence-corrected chi connectivity index (χ3v) is 3.09. The molecule has 0 radical (unpaired) electrons. The Bertz CT molecular complexity index is 632. The number of aromatic nitrogens is 1. The van der Waals surface area contributed by atoms with Gasteiger partial charge in [-0.15, -0.1) is 0 Å². The minimum absolute atomic E-state index is 0.555. The molecule has 1 N–H and O–H groups in total. The number of anilines is 1. The van der Waals surface area contributed by atoms with Crippen LogP contribution < -0.4 is 19.6 Å². The summed E-state index contributed by atoms with van der Waals surface area (Å²) in [6, 6.07) is 9.27. The highest BCUT2D eigenvalue weighted by atomic mass is 16.5. The van der Waals surface area contributed by atoms with Crippen LogP contribution in [0, 0.1) is 0 Å². The Morgan fingerprint density at radius 1 is 1.05 bits per heavy atom. The third kappa shape index (κ3) is 3.46. The van der Waals surface area contributed by atoms with Crippen LogP contribution in [0.2, 0.25) is 0 Å². The maximum atomic E-state index is 5.34. The second-order valence-electron chi connectivity index (χ2n) is 4.44. The average molecular weight is 301 g/mol. The fraction of sp³-hybridized carbons (Fsp3) is 0.250. The van der Waals surface area contributed by atoms with Gasteiger partial charge in [-0.3, -0.25) is 5.43 Å². The summed E-state index contributed by atoms with van der Waals surface area (Å²) in [5.41, 5.74) is 4.54. The van der Waals surface area contributed by atoms with Crippen LogP contribution in [0.5, 0.6) is 17.2 Å². The zero-order chi connectivity index (χ0) is 15.9. The average Bonchev–Trinajstić information content (AvgIpc) is 2.59. The Balaban J connectivity index is 2.31. The fourth-order valence-corrected chi connectivity index (χ4v) is 1.92. The van der Waals surface area contributed by atoms with Gasteiger partial charge in [0, 0.05) is 11.8 Å². The Hall–Kier alpha value is -2.76. The Morgan fingerprint density at radius 3 is 2.23 bits per heavy atom. The van der Waals surface area contributed by atoms with Gasteiger partial charge in [-0.2, -0.15) is 5.10 Å². The molecule has 116 valence electrons. The van der Waals surface area contributed by atoms with Crippen LogP contribution in [0.4, 0.5) is 5.82 Å². The van der Waals surface area contributed by atoms with Crippen molar-refractivity contribution in [3.05, 3.63) is 42.1 Å². The Kier molecular flexibility index (Phi) is 5.19. The molecule has 2 aromatic rings. The second kappa shape index (κ2) is 7.31. The van der Waals surface area contributed by atoms with Crippen molar-refractivity contribution < 1.29 is 14.2 Å². The molecule has 0 bridgehead atoms. The molecule has 0 aliphatic rings. The number of benzene rings is 1. The molecule has 0 fully saturated rings. The van der Waals surface area contributed by atoms with Crippen LogP contribution in [0.3, 0.4) is 0 Å². The van der Waals surface area contributed by atoms with Crippen molar-refractivity contribution in [2.45, 2.75) is 6.92 Å². The molecule has 0 saturated heterocycles. The molecule has 1 aromatic carbocycles. The second-order valence-corrected chi connectivity index (χ2v) is 4.44. The number of methoxy groups -OCH3 is 3. The van der Waals surface area contributed by atoms with Gasteiger partial charge in [0.25, 0.3) is 0 Å². The molecule has 6 heteroatoms. The number of nitrogens with zero attached hydrogens (tertiary/aromatic N) is 2. The minimum atomic E-state index is 0.555. The van der Waals surface area contributed by atoms with Gasteiger partial charge in [-0.1, -0.05) is 6.07 Å². The van der Waals surface area contributed by atoms with Crippen molar-refractivity contribution in [2.75, 3.05) is 26.8 Å². The van der Waals surface area contributed by atoms with E-state index in [2.05, 4.69) is 15.5 Å². The number of hydrazone groups is 1. The third-order valence-electron chi connectivity index (χ3n) is 3.09. The number of hydrogen-bond acceptors (Lipinski definition) is 6. The first-order chi connectivity index (χ1) is 10.7. The molecule has 0 aliphatic carbocycles. The molecule has 2 rings (SSSR count). The van der Waals surface area contributed by atoms with Gasteiger partial charge in [-0.25, -0.2) is 4.98 Å². The summed E-state index contributed by atoms with van der Waals surface area (Å²) < 4.78 is 16.0. The van der Waals surface area contributed by atoms with E-state index in [-0.39, 0.29) is 0 Å². The number of pyridine rings is 1. The summed E-state index contributed by atoms with van der Waals surface area (Å²) in [6.07, 6.45) is 1.70. The monoisotopic (exact) mass is 301 g/mol. The molecule has 0 atom stereocenters. The van der Waals surface area contributed by atoms with E-state index in [4.69, 9.17) is 14.2 Å². The Labute approximate surface area is 129 Å². The molecule has 0 amide bonds. The van der Waals surface area contributed by atoms with E-state index < -0.39 is 0 Å². The van der Waals surface area contributed by atoms with Gasteiger partial charge in [0.15, 0.2) is 11.5 Å². The lowest BCUT2D eigenvalue weighted by atomic mass is 10.1. The summed E-state index contributed by atoms with van der Waals surface area (Å²) in [5, 5.41) is 4.32. The summed E-state index contributed by atoms with van der Waals surface area (Å²) in [5.74, 6) is 2.40. The van der Waals surface area contributed by atoms with E-state index in [9.17, 15) is 0 Å². The van der Waals surface area contributed by atoms with Gasteiger partial charge in [0.1, 0.15) is 5.82 Å². The van der Waals surface area contributed by atoms with Gasteiger partial charge in [0.2, 0.25) is 5.75 Å². The SMILES string of the molecule is COc1cc(C(C)=NNc2ccccn2)cc(OC)c1OC. The Morgan fingerprint density at radius 2 is 1.73 bits per heavy atom. The summed E-state index contributed by atoms with van der Waals surface area (Å²) in [7, 11) is 4.74. The first-order valence-electron chi connectivity index (χ1n) is 6.71.